The summed E-state index contributed by atoms with van der Waals surface area (Å²) in [6.45, 7) is 14.2. The van der Waals surface area contributed by atoms with Crippen molar-refractivity contribution in [3.63, 3.8) is 0 Å². The van der Waals surface area contributed by atoms with Crippen molar-refractivity contribution in [1.82, 2.24) is 25.5 Å². The SMILES string of the molecule is CCCOc1cc(C)ccc1CN=C(NCC)NCCN1CCN(c2ncccn2)CC1.I. The molecule has 1 saturated heterocycles. The number of aryl methyl sites for hydroxylation is 1. The molecule has 2 heterocycles. The van der Waals surface area contributed by atoms with Crippen molar-refractivity contribution in [3.8, 4) is 5.75 Å². The standard InChI is InChI=1S/C24H37N7O.HI/c1-4-17-32-22-18-20(3)7-8-21(22)19-29-23(25-5-2)26-11-12-30-13-15-31(16-14-30)24-27-9-6-10-28-24;/h6-10,18H,4-5,11-17,19H2,1-3H3,(H2,25,26,29);1H. The van der Waals surface area contributed by atoms with Gasteiger partial charge in [0.1, 0.15) is 5.75 Å². The average molecular weight is 568 g/mol. The van der Waals surface area contributed by atoms with Gasteiger partial charge in [0.05, 0.1) is 13.2 Å². The van der Waals surface area contributed by atoms with E-state index in [0.29, 0.717) is 6.54 Å². The fourth-order valence-corrected chi connectivity index (χ4v) is 3.60. The Kier molecular flexibility index (Phi) is 12.2. The first-order valence-corrected chi connectivity index (χ1v) is 11.7. The number of ether oxygens (including phenoxy) is 1. The molecule has 0 spiro atoms. The number of benzene rings is 1. The fraction of sp³-hybridized carbons (Fsp3) is 0.542. The van der Waals surface area contributed by atoms with E-state index in [2.05, 4.69) is 69.4 Å². The highest BCUT2D eigenvalue weighted by Gasteiger charge is 2.18. The molecule has 1 aliphatic rings. The summed E-state index contributed by atoms with van der Waals surface area (Å²) < 4.78 is 5.93. The smallest absolute Gasteiger partial charge is 0.225 e. The van der Waals surface area contributed by atoms with E-state index in [1.807, 2.05) is 6.07 Å². The second-order valence-electron chi connectivity index (χ2n) is 7.96. The van der Waals surface area contributed by atoms with Crippen LogP contribution in [-0.4, -0.2) is 73.2 Å². The van der Waals surface area contributed by atoms with Gasteiger partial charge in [0, 0.05) is 63.8 Å². The minimum atomic E-state index is 0. The maximum absolute atomic E-state index is 5.93. The Morgan fingerprint density at radius 2 is 1.85 bits per heavy atom. The van der Waals surface area contributed by atoms with E-state index in [0.717, 1.165) is 82.1 Å². The molecule has 1 aliphatic heterocycles. The van der Waals surface area contributed by atoms with Gasteiger partial charge >= 0.3 is 0 Å². The number of piperazine rings is 1. The first-order valence-electron chi connectivity index (χ1n) is 11.7. The molecule has 1 aromatic heterocycles. The lowest BCUT2D eigenvalue weighted by Crippen LogP contribution is -2.49. The Bertz CT molecular complexity index is 842. The summed E-state index contributed by atoms with van der Waals surface area (Å²) in [5.41, 5.74) is 2.31. The molecular weight excluding hydrogens is 529 g/mol. The van der Waals surface area contributed by atoms with Gasteiger partial charge in [-0.2, -0.15) is 0 Å². The van der Waals surface area contributed by atoms with Gasteiger partial charge in [-0.25, -0.2) is 15.0 Å². The molecule has 9 heteroatoms. The number of hydrogen-bond donors (Lipinski definition) is 2. The van der Waals surface area contributed by atoms with Crippen molar-refractivity contribution < 1.29 is 4.74 Å². The second-order valence-corrected chi connectivity index (χ2v) is 7.96. The lowest BCUT2D eigenvalue weighted by atomic mass is 10.1. The Labute approximate surface area is 215 Å². The van der Waals surface area contributed by atoms with E-state index < -0.39 is 0 Å². The third-order valence-electron chi connectivity index (χ3n) is 5.36. The summed E-state index contributed by atoms with van der Waals surface area (Å²) in [6.07, 6.45) is 4.60. The summed E-state index contributed by atoms with van der Waals surface area (Å²) in [6, 6.07) is 8.18. The molecule has 0 aliphatic carbocycles. The van der Waals surface area contributed by atoms with Crippen molar-refractivity contribution in [1.29, 1.82) is 0 Å². The van der Waals surface area contributed by atoms with Gasteiger partial charge < -0.3 is 20.3 Å². The Morgan fingerprint density at radius 3 is 2.55 bits per heavy atom. The van der Waals surface area contributed by atoms with E-state index in [1.165, 1.54) is 5.56 Å². The van der Waals surface area contributed by atoms with Crippen LogP contribution in [0.25, 0.3) is 0 Å². The number of nitrogens with zero attached hydrogens (tertiary/aromatic N) is 5. The number of aromatic nitrogens is 2. The van der Waals surface area contributed by atoms with Crippen molar-refractivity contribution >= 4 is 35.9 Å². The summed E-state index contributed by atoms with van der Waals surface area (Å²) in [4.78, 5) is 18.2. The third kappa shape index (κ3) is 8.96. The van der Waals surface area contributed by atoms with Crippen LogP contribution in [0, 0.1) is 6.92 Å². The van der Waals surface area contributed by atoms with Gasteiger partial charge in [0.15, 0.2) is 5.96 Å². The quantitative estimate of drug-likeness (QED) is 0.260. The minimum Gasteiger partial charge on any atom is -0.493 e. The zero-order chi connectivity index (χ0) is 22.6. The first kappa shape index (κ1) is 27.1. The highest BCUT2D eigenvalue weighted by atomic mass is 127. The summed E-state index contributed by atoms with van der Waals surface area (Å²) in [5.74, 6) is 2.60. The molecule has 1 aromatic carbocycles. The molecule has 1 fully saturated rings. The van der Waals surface area contributed by atoms with Gasteiger partial charge in [-0.1, -0.05) is 19.1 Å². The highest BCUT2D eigenvalue weighted by Crippen LogP contribution is 2.21. The molecule has 0 unspecified atom stereocenters. The van der Waals surface area contributed by atoms with Crippen LogP contribution >= 0.6 is 24.0 Å². The van der Waals surface area contributed by atoms with Gasteiger partial charge in [-0.15, -0.1) is 24.0 Å². The molecule has 2 aromatic rings. The normalized spacial score (nSPS) is 14.5. The average Bonchev–Trinajstić information content (AvgIpc) is 2.83. The largest absolute Gasteiger partial charge is 0.493 e. The van der Waals surface area contributed by atoms with Crippen LogP contribution in [0.3, 0.4) is 0 Å². The van der Waals surface area contributed by atoms with Crippen molar-refractivity contribution in [2.75, 3.05) is 57.3 Å². The Morgan fingerprint density at radius 1 is 1.09 bits per heavy atom. The number of nitrogens with one attached hydrogen (secondary N) is 2. The molecule has 0 radical (unpaired) electrons. The van der Waals surface area contributed by atoms with Gasteiger partial charge in [0.2, 0.25) is 5.95 Å². The first-order chi connectivity index (χ1) is 15.7. The van der Waals surface area contributed by atoms with Crippen LogP contribution in [0.4, 0.5) is 5.95 Å². The number of halogens is 1. The van der Waals surface area contributed by atoms with Crippen LogP contribution in [-0.2, 0) is 6.54 Å². The second kappa shape index (κ2) is 14.9. The molecule has 0 bridgehead atoms. The lowest BCUT2D eigenvalue weighted by molar-refractivity contribution is 0.260. The highest BCUT2D eigenvalue weighted by molar-refractivity contribution is 14.0. The summed E-state index contributed by atoms with van der Waals surface area (Å²) in [5, 5.41) is 6.82. The van der Waals surface area contributed by atoms with E-state index in [9.17, 15) is 0 Å². The third-order valence-corrected chi connectivity index (χ3v) is 5.36. The number of anilines is 1. The Hall–Kier alpha value is -2.14. The van der Waals surface area contributed by atoms with Crippen molar-refractivity contribution in [2.24, 2.45) is 4.99 Å². The maximum atomic E-state index is 5.93. The zero-order valence-corrected chi connectivity index (χ0v) is 22.4. The lowest BCUT2D eigenvalue weighted by Gasteiger charge is -2.34. The maximum Gasteiger partial charge on any atom is 0.225 e. The predicted molar refractivity (Wildman–Crippen MR) is 146 cm³/mol. The molecule has 0 atom stereocenters. The topological polar surface area (TPSA) is 77.9 Å². The molecule has 0 amide bonds. The van der Waals surface area contributed by atoms with E-state index in [4.69, 9.17) is 9.73 Å². The molecular formula is C24H38IN7O. The zero-order valence-electron chi connectivity index (χ0n) is 20.1. The molecule has 182 valence electrons. The van der Waals surface area contributed by atoms with Gasteiger partial charge in [-0.3, -0.25) is 4.90 Å². The van der Waals surface area contributed by atoms with Gasteiger partial charge in [-0.05, 0) is 38.0 Å². The van der Waals surface area contributed by atoms with Crippen LogP contribution in [0.2, 0.25) is 0 Å². The van der Waals surface area contributed by atoms with Gasteiger partial charge in [0.25, 0.3) is 0 Å². The molecule has 33 heavy (non-hydrogen) atoms. The predicted octanol–water partition coefficient (Wildman–Crippen LogP) is 3.07. The fourth-order valence-electron chi connectivity index (χ4n) is 3.60. The van der Waals surface area contributed by atoms with Crippen LogP contribution in [0.1, 0.15) is 31.4 Å². The van der Waals surface area contributed by atoms with Crippen LogP contribution < -0.4 is 20.3 Å². The van der Waals surface area contributed by atoms with E-state index in [-0.39, 0.29) is 24.0 Å². The molecule has 0 saturated carbocycles. The van der Waals surface area contributed by atoms with Crippen LogP contribution in [0.5, 0.6) is 5.75 Å². The van der Waals surface area contributed by atoms with Crippen LogP contribution in [0.15, 0.2) is 41.7 Å². The molecule has 3 rings (SSSR count). The number of guanidine groups is 1. The molecule has 2 N–H and O–H groups in total. The number of hydrogen-bond acceptors (Lipinski definition) is 6. The Balaban J connectivity index is 0.00000385. The summed E-state index contributed by atoms with van der Waals surface area (Å²) >= 11 is 0. The number of rotatable bonds is 10. The van der Waals surface area contributed by atoms with E-state index >= 15 is 0 Å². The monoisotopic (exact) mass is 567 g/mol. The van der Waals surface area contributed by atoms with E-state index in [1.54, 1.807) is 12.4 Å². The molecule has 8 nitrogen and oxygen atoms in total. The number of aliphatic imine (C=N–C) groups is 1. The van der Waals surface area contributed by atoms with Crippen molar-refractivity contribution in [2.45, 2.75) is 33.7 Å². The minimum absolute atomic E-state index is 0. The van der Waals surface area contributed by atoms with Crippen molar-refractivity contribution in [3.05, 3.63) is 47.8 Å². The summed E-state index contributed by atoms with van der Waals surface area (Å²) in [7, 11) is 0.